The number of hydrogen-bond acceptors (Lipinski definition) is 5. The Balaban J connectivity index is 1.77. The first-order valence-electron chi connectivity index (χ1n) is 7.98. The second kappa shape index (κ2) is 8.01. The molecule has 1 aromatic heterocycles. The number of aromatic nitrogens is 2. The number of methoxy groups -OCH3 is 1. The molecule has 3 aromatic rings. The van der Waals surface area contributed by atoms with E-state index in [4.69, 9.17) is 16.3 Å². The molecule has 134 valence electrons. The molecular formula is C19H18ClFN4O. The predicted octanol–water partition coefficient (Wildman–Crippen LogP) is 4.94. The Labute approximate surface area is 156 Å². The van der Waals surface area contributed by atoms with Gasteiger partial charge in [-0.05, 0) is 42.8 Å². The van der Waals surface area contributed by atoms with Gasteiger partial charge in [-0.1, -0.05) is 23.7 Å². The Morgan fingerprint density at radius 1 is 1.08 bits per heavy atom. The highest BCUT2D eigenvalue weighted by molar-refractivity contribution is 6.31. The van der Waals surface area contributed by atoms with Crippen molar-refractivity contribution in [1.82, 2.24) is 9.97 Å². The number of ether oxygens (including phenoxy) is 1. The van der Waals surface area contributed by atoms with Crippen molar-refractivity contribution in [3.05, 3.63) is 70.6 Å². The molecule has 1 heterocycles. The number of benzene rings is 2. The fourth-order valence-electron chi connectivity index (χ4n) is 2.41. The monoisotopic (exact) mass is 372 g/mol. The van der Waals surface area contributed by atoms with Crippen LogP contribution in [0.3, 0.4) is 0 Å². The Morgan fingerprint density at radius 3 is 2.58 bits per heavy atom. The van der Waals surface area contributed by atoms with Gasteiger partial charge in [-0.2, -0.15) is 4.98 Å². The molecule has 0 saturated carbocycles. The van der Waals surface area contributed by atoms with Gasteiger partial charge >= 0.3 is 0 Å². The van der Waals surface area contributed by atoms with Crippen LogP contribution in [0.4, 0.5) is 21.8 Å². The molecule has 0 fully saturated rings. The minimum absolute atomic E-state index is 0.262. The van der Waals surface area contributed by atoms with Gasteiger partial charge in [0.05, 0.1) is 12.8 Å². The first kappa shape index (κ1) is 17.9. The summed E-state index contributed by atoms with van der Waals surface area (Å²) in [7, 11) is 1.59. The van der Waals surface area contributed by atoms with Crippen LogP contribution in [0.25, 0.3) is 0 Å². The summed E-state index contributed by atoms with van der Waals surface area (Å²) < 4.78 is 18.3. The van der Waals surface area contributed by atoms with Crippen molar-refractivity contribution in [3.63, 3.8) is 0 Å². The number of aryl methyl sites for hydroxylation is 1. The van der Waals surface area contributed by atoms with Crippen molar-refractivity contribution in [2.75, 3.05) is 17.7 Å². The summed E-state index contributed by atoms with van der Waals surface area (Å²) in [6, 6.07) is 13.4. The van der Waals surface area contributed by atoms with Gasteiger partial charge in [-0.15, -0.1) is 0 Å². The number of nitrogens with zero attached hydrogens (tertiary/aromatic N) is 2. The van der Waals surface area contributed by atoms with Crippen LogP contribution in [0.2, 0.25) is 5.02 Å². The van der Waals surface area contributed by atoms with E-state index >= 15 is 0 Å². The second-order valence-corrected chi connectivity index (χ2v) is 6.10. The molecule has 3 rings (SSSR count). The second-order valence-electron chi connectivity index (χ2n) is 5.67. The maximum absolute atomic E-state index is 13.0. The van der Waals surface area contributed by atoms with Crippen molar-refractivity contribution < 1.29 is 9.13 Å². The van der Waals surface area contributed by atoms with Gasteiger partial charge in [0.2, 0.25) is 5.95 Å². The van der Waals surface area contributed by atoms with Crippen molar-refractivity contribution in [3.8, 4) is 5.75 Å². The quantitative estimate of drug-likeness (QED) is 0.641. The van der Waals surface area contributed by atoms with E-state index in [0.29, 0.717) is 34.8 Å². The summed E-state index contributed by atoms with van der Waals surface area (Å²) in [5.41, 5.74) is 2.44. The highest BCUT2D eigenvalue weighted by Crippen LogP contribution is 2.30. The Bertz CT molecular complexity index is 903. The van der Waals surface area contributed by atoms with Crippen LogP contribution >= 0.6 is 11.6 Å². The lowest BCUT2D eigenvalue weighted by Gasteiger charge is -2.13. The van der Waals surface area contributed by atoms with Crippen LogP contribution in [0.5, 0.6) is 5.75 Å². The van der Waals surface area contributed by atoms with Crippen LogP contribution in [0, 0.1) is 12.7 Å². The Morgan fingerprint density at radius 2 is 1.85 bits per heavy atom. The van der Waals surface area contributed by atoms with Crippen molar-refractivity contribution in [1.29, 1.82) is 0 Å². The highest BCUT2D eigenvalue weighted by atomic mass is 35.5. The van der Waals surface area contributed by atoms with Crippen LogP contribution in [0.15, 0.2) is 48.5 Å². The zero-order valence-corrected chi connectivity index (χ0v) is 15.1. The third-order valence-corrected chi connectivity index (χ3v) is 3.88. The number of rotatable bonds is 6. The summed E-state index contributed by atoms with van der Waals surface area (Å²) in [5.74, 6) is 1.48. The normalized spacial score (nSPS) is 10.5. The van der Waals surface area contributed by atoms with Gasteiger partial charge in [0.15, 0.2) is 0 Å². The first-order chi connectivity index (χ1) is 12.5. The van der Waals surface area contributed by atoms with E-state index < -0.39 is 0 Å². The Kier molecular flexibility index (Phi) is 5.53. The molecule has 0 aliphatic heterocycles. The largest absolute Gasteiger partial charge is 0.495 e. The van der Waals surface area contributed by atoms with Gasteiger partial charge in [0.1, 0.15) is 17.4 Å². The van der Waals surface area contributed by atoms with Crippen LogP contribution in [0.1, 0.15) is 11.3 Å². The van der Waals surface area contributed by atoms with Crippen molar-refractivity contribution in [2.24, 2.45) is 0 Å². The molecule has 0 aliphatic rings. The fraction of sp³-hybridized carbons (Fsp3) is 0.158. The standard InChI is InChI=1S/C19H18ClFN4O/c1-12-9-18(24-16-10-14(20)5-8-17(16)26-2)25-19(23-12)22-11-13-3-6-15(21)7-4-13/h3-10H,11H2,1-2H3,(H2,22,23,24,25). The third-order valence-electron chi connectivity index (χ3n) is 3.64. The van der Waals surface area contributed by atoms with E-state index in [0.717, 1.165) is 11.3 Å². The number of nitrogens with one attached hydrogen (secondary N) is 2. The summed E-state index contributed by atoms with van der Waals surface area (Å²) in [4.78, 5) is 8.84. The SMILES string of the molecule is COc1ccc(Cl)cc1Nc1cc(C)nc(NCc2ccc(F)cc2)n1. The zero-order valence-electron chi connectivity index (χ0n) is 14.4. The van der Waals surface area contributed by atoms with Crippen LogP contribution < -0.4 is 15.4 Å². The zero-order chi connectivity index (χ0) is 18.5. The van der Waals surface area contributed by atoms with E-state index in [1.54, 1.807) is 37.4 Å². The molecule has 0 unspecified atom stereocenters. The molecule has 0 radical (unpaired) electrons. The summed E-state index contributed by atoms with van der Waals surface area (Å²) in [6.45, 7) is 2.37. The Hall–Kier alpha value is -2.86. The fourth-order valence-corrected chi connectivity index (χ4v) is 2.58. The summed E-state index contributed by atoms with van der Waals surface area (Å²) >= 11 is 6.06. The lowest BCUT2D eigenvalue weighted by atomic mass is 10.2. The average Bonchev–Trinajstić information content (AvgIpc) is 2.61. The van der Waals surface area contributed by atoms with E-state index in [9.17, 15) is 4.39 Å². The van der Waals surface area contributed by atoms with E-state index in [2.05, 4.69) is 20.6 Å². The van der Waals surface area contributed by atoms with E-state index in [-0.39, 0.29) is 5.82 Å². The molecule has 0 amide bonds. The molecule has 2 N–H and O–H groups in total. The molecular weight excluding hydrogens is 355 g/mol. The topological polar surface area (TPSA) is 59.1 Å². The molecule has 5 nitrogen and oxygen atoms in total. The molecule has 0 atom stereocenters. The summed E-state index contributed by atoms with van der Waals surface area (Å²) in [6.07, 6.45) is 0. The smallest absolute Gasteiger partial charge is 0.225 e. The maximum atomic E-state index is 13.0. The molecule has 26 heavy (non-hydrogen) atoms. The van der Waals surface area contributed by atoms with Gasteiger partial charge < -0.3 is 15.4 Å². The predicted molar refractivity (Wildman–Crippen MR) is 102 cm³/mol. The minimum Gasteiger partial charge on any atom is -0.495 e. The number of anilines is 3. The van der Waals surface area contributed by atoms with Crippen molar-refractivity contribution >= 4 is 29.1 Å². The van der Waals surface area contributed by atoms with Crippen molar-refractivity contribution in [2.45, 2.75) is 13.5 Å². The molecule has 0 bridgehead atoms. The lowest BCUT2D eigenvalue weighted by Crippen LogP contribution is -2.06. The average molecular weight is 373 g/mol. The van der Waals surface area contributed by atoms with E-state index in [1.165, 1.54) is 12.1 Å². The van der Waals surface area contributed by atoms with Crippen LogP contribution in [-0.4, -0.2) is 17.1 Å². The number of halogens is 2. The molecule has 0 aliphatic carbocycles. The lowest BCUT2D eigenvalue weighted by molar-refractivity contribution is 0.417. The van der Waals surface area contributed by atoms with Gasteiger partial charge in [-0.25, -0.2) is 9.37 Å². The molecule has 7 heteroatoms. The van der Waals surface area contributed by atoms with E-state index in [1.807, 2.05) is 13.0 Å². The van der Waals surface area contributed by atoms with Gasteiger partial charge in [-0.3, -0.25) is 0 Å². The highest BCUT2D eigenvalue weighted by Gasteiger charge is 2.08. The summed E-state index contributed by atoms with van der Waals surface area (Å²) in [5, 5.41) is 6.94. The minimum atomic E-state index is -0.262. The van der Waals surface area contributed by atoms with Gasteiger partial charge in [0, 0.05) is 23.3 Å². The molecule has 0 spiro atoms. The van der Waals surface area contributed by atoms with Gasteiger partial charge in [0.25, 0.3) is 0 Å². The molecule has 0 saturated heterocycles. The molecule has 2 aromatic carbocycles. The number of hydrogen-bond donors (Lipinski definition) is 2. The first-order valence-corrected chi connectivity index (χ1v) is 8.36. The third kappa shape index (κ3) is 4.61. The van der Waals surface area contributed by atoms with Crippen LogP contribution in [-0.2, 0) is 6.54 Å². The maximum Gasteiger partial charge on any atom is 0.225 e.